The molecule has 0 saturated heterocycles. The minimum atomic E-state index is -0.353. The van der Waals surface area contributed by atoms with Gasteiger partial charge < -0.3 is 15.2 Å². The second-order valence-corrected chi connectivity index (χ2v) is 8.86. The number of anilines is 1. The van der Waals surface area contributed by atoms with Crippen molar-refractivity contribution in [2.75, 3.05) is 11.1 Å². The van der Waals surface area contributed by atoms with E-state index < -0.39 is 0 Å². The third kappa shape index (κ3) is 5.43. The van der Waals surface area contributed by atoms with Crippen LogP contribution in [0.1, 0.15) is 34.8 Å². The maximum absolute atomic E-state index is 12.5. The van der Waals surface area contributed by atoms with E-state index in [2.05, 4.69) is 41.7 Å². The third-order valence-electron chi connectivity index (χ3n) is 3.92. The van der Waals surface area contributed by atoms with Crippen molar-refractivity contribution in [2.24, 2.45) is 7.05 Å². The molecule has 3 aromatic rings. The molecule has 8 nitrogen and oxygen atoms in total. The van der Waals surface area contributed by atoms with Gasteiger partial charge in [0, 0.05) is 16.9 Å². The van der Waals surface area contributed by atoms with Crippen molar-refractivity contribution in [2.45, 2.75) is 25.0 Å². The molecular weight excluding hydrogens is 476 g/mol. The van der Waals surface area contributed by atoms with Gasteiger partial charge in [-0.3, -0.25) is 9.59 Å². The summed E-state index contributed by atoms with van der Waals surface area (Å²) in [6.07, 6.45) is 0. The summed E-state index contributed by atoms with van der Waals surface area (Å²) in [4.78, 5) is 28.8. The maximum Gasteiger partial charge on any atom is 0.253 e. The number of benzene rings is 1. The molecule has 0 aliphatic heterocycles. The predicted molar refractivity (Wildman–Crippen MR) is 117 cm³/mol. The minimum Gasteiger partial charge on any atom is -0.342 e. The largest absolute Gasteiger partial charge is 0.342 e. The number of thioether (sulfide) groups is 1. The van der Waals surface area contributed by atoms with Crippen molar-refractivity contribution in [3.05, 3.63) is 51.2 Å². The van der Waals surface area contributed by atoms with Crippen molar-refractivity contribution < 1.29 is 9.59 Å². The first-order chi connectivity index (χ1) is 13.8. The van der Waals surface area contributed by atoms with Crippen LogP contribution in [0.3, 0.4) is 0 Å². The lowest BCUT2D eigenvalue weighted by Gasteiger charge is -2.14. The Morgan fingerprint density at radius 2 is 2.07 bits per heavy atom. The van der Waals surface area contributed by atoms with Gasteiger partial charge in [-0.2, -0.15) is 0 Å². The van der Waals surface area contributed by atoms with Crippen LogP contribution in [0.2, 0.25) is 0 Å². The number of rotatable bonds is 7. The molecule has 0 bridgehead atoms. The average molecular weight is 495 g/mol. The highest BCUT2D eigenvalue weighted by Gasteiger charge is 2.20. The van der Waals surface area contributed by atoms with Crippen molar-refractivity contribution in [3.63, 3.8) is 0 Å². The van der Waals surface area contributed by atoms with E-state index >= 15 is 0 Å². The van der Waals surface area contributed by atoms with Crippen LogP contribution in [-0.4, -0.2) is 37.3 Å². The molecule has 0 aliphatic rings. The summed E-state index contributed by atoms with van der Waals surface area (Å²) in [5.74, 6) is 0.413. The molecule has 0 saturated carbocycles. The summed E-state index contributed by atoms with van der Waals surface area (Å²) >= 11 is 6.04. The highest BCUT2D eigenvalue weighted by atomic mass is 79.9. The Labute approximate surface area is 184 Å². The molecule has 3 rings (SSSR count). The zero-order valence-corrected chi connectivity index (χ0v) is 19.2. The number of carbonyl (C=O) groups is 2. The molecular formula is C18H19BrN6O2S2. The molecule has 0 fully saturated rings. The Morgan fingerprint density at radius 3 is 2.76 bits per heavy atom. The molecule has 29 heavy (non-hydrogen) atoms. The van der Waals surface area contributed by atoms with E-state index in [-0.39, 0.29) is 23.6 Å². The van der Waals surface area contributed by atoms with E-state index in [0.717, 1.165) is 10.2 Å². The van der Waals surface area contributed by atoms with Crippen LogP contribution in [0.15, 0.2) is 39.3 Å². The monoisotopic (exact) mass is 494 g/mol. The van der Waals surface area contributed by atoms with Crippen LogP contribution in [-0.2, 0) is 11.8 Å². The zero-order chi connectivity index (χ0) is 21.0. The third-order valence-corrected chi connectivity index (χ3v) is 6.51. The number of nitrogens with zero attached hydrogens (tertiary/aromatic N) is 4. The summed E-state index contributed by atoms with van der Waals surface area (Å²) in [5, 5.41) is 17.0. The fourth-order valence-electron chi connectivity index (χ4n) is 2.51. The quantitative estimate of drug-likeness (QED) is 0.486. The summed E-state index contributed by atoms with van der Waals surface area (Å²) in [5.41, 5.74) is 1.42. The topological polar surface area (TPSA) is 102 Å². The van der Waals surface area contributed by atoms with Crippen molar-refractivity contribution in [3.8, 4) is 0 Å². The van der Waals surface area contributed by atoms with Gasteiger partial charge in [0.15, 0.2) is 16.1 Å². The molecule has 1 aromatic carbocycles. The molecule has 0 spiro atoms. The lowest BCUT2D eigenvalue weighted by atomic mass is 10.2. The van der Waals surface area contributed by atoms with Crippen LogP contribution in [0.4, 0.5) is 5.13 Å². The average Bonchev–Trinajstić information content (AvgIpc) is 3.25. The molecule has 2 N–H and O–H groups in total. The Kier molecular flexibility index (Phi) is 7.04. The molecule has 11 heteroatoms. The fraction of sp³-hybridized carbons (Fsp3) is 0.278. The highest BCUT2D eigenvalue weighted by Crippen LogP contribution is 2.21. The molecule has 0 radical (unpaired) electrons. The molecule has 2 amide bonds. The van der Waals surface area contributed by atoms with E-state index in [1.165, 1.54) is 23.1 Å². The highest BCUT2D eigenvalue weighted by molar-refractivity contribution is 9.10. The zero-order valence-electron chi connectivity index (χ0n) is 16.0. The van der Waals surface area contributed by atoms with Crippen molar-refractivity contribution >= 4 is 56.0 Å². The van der Waals surface area contributed by atoms with E-state index in [4.69, 9.17) is 0 Å². The lowest BCUT2D eigenvalue weighted by Crippen LogP contribution is -2.28. The van der Waals surface area contributed by atoms with Gasteiger partial charge in [-0.1, -0.05) is 23.9 Å². The van der Waals surface area contributed by atoms with Crippen LogP contribution in [0.5, 0.6) is 0 Å². The number of amides is 2. The molecule has 2 heterocycles. The molecule has 1 atom stereocenters. The normalized spacial score (nSPS) is 11.9. The van der Waals surface area contributed by atoms with E-state index in [9.17, 15) is 9.59 Å². The molecule has 0 unspecified atom stereocenters. The number of hydrogen-bond donors (Lipinski definition) is 2. The van der Waals surface area contributed by atoms with E-state index in [0.29, 0.717) is 21.7 Å². The number of thiazole rings is 1. The van der Waals surface area contributed by atoms with Crippen molar-refractivity contribution in [1.29, 1.82) is 0 Å². The number of carbonyl (C=O) groups excluding carboxylic acids is 2. The molecule has 0 aliphatic carbocycles. The summed E-state index contributed by atoms with van der Waals surface area (Å²) < 4.78 is 2.50. The van der Waals surface area contributed by atoms with Gasteiger partial charge in [-0.05, 0) is 41.9 Å². The summed E-state index contributed by atoms with van der Waals surface area (Å²) in [7, 11) is 1.81. The fourth-order valence-corrected chi connectivity index (χ4v) is 4.40. The van der Waals surface area contributed by atoms with Crippen molar-refractivity contribution in [1.82, 2.24) is 25.1 Å². The molecule has 152 valence electrons. The summed E-state index contributed by atoms with van der Waals surface area (Å²) in [6.45, 7) is 3.71. The maximum atomic E-state index is 12.5. The number of aryl methyl sites for hydroxylation is 1. The van der Waals surface area contributed by atoms with E-state index in [1.807, 2.05) is 31.4 Å². The number of aromatic nitrogens is 4. The molecule has 2 aromatic heterocycles. The van der Waals surface area contributed by atoms with Gasteiger partial charge in [0.05, 0.1) is 23.1 Å². The first-order valence-corrected chi connectivity index (χ1v) is 11.3. The second-order valence-electron chi connectivity index (χ2n) is 6.21. The number of halogens is 1. The predicted octanol–water partition coefficient (Wildman–Crippen LogP) is 3.56. The van der Waals surface area contributed by atoms with E-state index in [1.54, 1.807) is 23.7 Å². The van der Waals surface area contributed by atoms with Gasteiger partial charge >= 0.3 is 0 Å². The second kappa shape index (κ2) is 9.51. The van der Waals surface area contributed by atoms with Crippen LogP contribution < -0.4 is 10.6 Å². The lowest BCUT2D eigenvalue weighted by molar-refractivity contribution is -0.113. The standard InChI is InChI=1S/C18H19BrN6O2S2/c1-10-8-28-17(20-10)22-14(26)9-29-18-24-23-15(25(18)3)11(2)21-16(27)12-6-4-5-7-13(12)19/h4-8,11H,9H2,1-3H3,(H,21,27)(H,20,22,26)/t11-/m0/s1. The Bertz CT molecular complexity index is 1040. The van der Waals surface area contributed by atoms with Crippen LogP contribution in [0, 0.1) is 6.92 Å². The van der Waals surface area contributed by atoms with Gasteiger partial charge in [0.2, 0.25) is 5.91 Å². The Morgan fingerprint density at radius 1 is 1.31 bits per heavy atom. The Hall–Kier alpha value is -2.24. The summed E-state index contributed by atoms with van der Waals surface area (Å²) in [6, 6.07) is 6.86. The first kappa shape index (κ1) is 21.5. The smallest absolute Gasteiger partial charge is 0.253 e. The first-order valence-electron chi connectivity index (χ1n) is 8.64. The minimum absolute atomic E-state index is 0.163. The van der Waals surface area contributed by atoms with Gasteiger partial charge in [-0.15, -0.1) is 21.5 Å². The van der Waals surface area contributed by atoms with Crippen LogP contribution >= 0.6 is 39.0 Å². The Balaban J connectivity index is 1.59. The SMILES string of the molecule is Cc1csc(NC(=O)CSc2nnc([C@H](C)NC(=O)c3ccccc3Br)n2C)n1. The van der Waals surface area contributed by atoms with Gasteiger partial charge in [-0.25, -0.2) is 4.98 Å². The van der Waals surface area contributed by atoms with Gasteiger partial charge in [0.1, 0.15) is 0 Å². The number of hydrogen-bond acceptors (Lipinski definition) is 7. The number of nitrogens with one attached hydrogen (secondary N) is 2. The van der Waals surface area contributed by atoms with Gasteiger partial charge in [0.25, 0.3) is 5.91 Å². The van der Waals surface area contributed by atoms with Crippen LogP contribution in [0.25, 0.3) is 0 Å².